The fraction of sp³-hybridized carbons (Fsp3) is 0.333. The lowest BCUT2D eigenvalue weighted by molar-refractivity contribution is -0.117. The van der Waals surface area contributed by atoms with Crippen molar-refractivity contribution in [2.24, 2.45) is 0 Å². The van der Waals surface area contributed by atoms with E-state index in [1.54, 1.807) is 6.07 Å². The molecule has 0 saturated carbocycles. The largest absolute Gasteiger partial charge is 0.496 e. The van der Waals surface area contributed by atoms with Crippen LogP contribution in [-0.2, 0) is 16.0 Å². The first-order chi connectivity index (χ1) is 12.6. The Bertz CT molecular complexity index is 813. The maximum absolute atomic E-state index is 12.5. The molecule has 0 bridgehead atoms. The number of carbonyl (C=O) groups excluding carboxylic acids is 2. The smallest absolute Gasteiger partial charge is 0.341 e. The number of anilines is 1. The summed E-state index contributed by atoms with van der Waals surface area (Å²) in [5, 5.41) is 0. The quantitative estimate of drug-likeness (QED) is 0.771. The van der Waals surface area contributed by atoms with Crippen molar-refractivity contribution in [2.45, 2.75) is 25.7 Å². The predicted molar refractivity (Wildman–Crippen MR) is 99.9 cm³/mol. The standard InChI is InChI=1S/C21H23NO4/c1-4-14-5-8-17(9-6-14)22-13-16(12-20(22)23)15-7-10-18(21(24)26-3)19(11-15)25-2/h5-11,16H,4,12-13H2,1-3H3. The van der Waals surface area contributed by atoms with Gasteiger partial charge in [0, 0.05) is 24.6 Å². The van der Waals surface area contributed by atoms with Crippen molar-refractivity contribution < 1.29 is 19.1 Å². The molecule has 0 aromatic heterocycles. The van der Waals surface area contributed by atoms with Crippen LogP contribution >= 0.6 is 0 Å². The number of rotatable bonds is 5. The Morgan fingerprint density at radius 1 is 1.15 bits per heavy atom. The van der Waals surface area contributed by atoms with Gasteiger partial charge in [-0.2, -0.15) is 0 Å². The van der Waals surface area contributed by atoms with Crippen molar-refractivity contribution in [1.29, 1.82) is 0 Å². The number of hydrogen-bond donors (Lipinski definition) is 0. The molecule has 5 nitrogen and oxygen atoms in total. The highest BCUT2D eigenvalue weighted by Gasteiger charge is 2.32. The lowest BCUT2D eigenvalue weighted by Crippen LogP contribution is -2.24. The highest BCUT2D eigenvalue weighted by molar-refractivity contribution is 5.97. The van der Waals surface area contributed by atoms with E-state index in [-0.39, 0.29) is 11.8 Å². The summed E-state index contributed by atoms with van der Waals surface area (Å²) in [6.07, 6.45) is 1.42. The first kappa shape index (κ1) is 18.0. The van der Waals surface area contributed by atoms with Crippen LogP contribution in [0.25, 0.3) is 0 Å². The highest BCUT2D eigenvalue weighted by Crippen LogP contribution is 2.34. The van der Waals surface area contributed by atoms with E-state index in [2.05, 4.69) is 19.1 Å². The van der Waals surface area contributed by atoms with Crippen LogP contribution in [0.3, 0.4) is 0 Å². The van der Waals surface area contributed by atoms with Crippen LogP contribution in [0.15, 0.2) is 42.5 Å². The molecule has 1 atom stereocenters. The van der Waals surface area contributed by atoms with Gasteiger partial charge in [0.05, 0.1) is 14.2 Å². The van der Waals surface area contributed by atoms with Gasteiger partial charge < -0.3 is 14.4 Å². The number of carbonyl (C=O) groups is 2. The summed E-state index contributed by atoms with van der Waals surface area (Å²) in [5.41, 5.74) is 3.54. The molecule has 2 aromatic rings. The molecular formula is C21H23NO4. The number of esters is 1. The Kier molecular flexibility index (Phi) is 5.26. The van der Waals surface area contributed by atoms with Crippen molar-refractivity contribution in [3.8, 4) is 5.75 Å². The zero-order valence-electron chi connectivity index (χ0n) is 15.3. The molecule has 1 aliphatic rings. The number of amides is 1. The Morgan fingerprint density at radius 2 is 1.88 bits per heavy atom. The second kappa shape index (κ2) is 7.60. The number of methoxy groups -OCH3 is 2. The van der Waals surface area contributed by atoms with Crippen molar-refractivity contribution >= 4 is 17.6 Å². The van der Waals surface area contributed by atoms with Gasteiger partial charge >= 0.3 is 5.97 Å². The van der Waals surface area contributed by atoms with Gasteiger partial charge in [-0.1, -0.05) is 25.1 Å². The van der Waals surface area contributed by atoms with Gasteiger partial charge in [-0.15, -0.1) is 0 Å². The number of aryl methyl sites for hydroxylation is 1. The molecule has 1 aliphatic heterocycles. The van der Waals surface area contributed by atoms with Crippen molar-refractivity contribution in [3.05, 3.63) is 59.2 Å². The van der Waals surface area contributed by atoms with Gasteiger partial charge in [-0.3, -0.25) is 4.79 Å². The van der Waals surface area contributed by atoms with Crippen molar-refractivity contribution in [3.63, 3.8) is 0 Å². The van der Waals surface area contributed by atoms with Crippen LogP contribution in [0.2, 0.25) is 0 Å². The summed E-state index contributed by atoms with van der Waals surface area (Å²) in [4.78, 5) is 26.1. The second-order valence-electron chi connectivity index (χ2n) is 6.38. The monoisotopic (exact) mass is 353 g/mol. The molecule has 26 heavy (non-hydrogen) atoms. The molecular weight excluding hydrogens is 330 g/mol. The minimum Gasteiger partial charge on any atom is -0.496 e. The number of ether oxygens (including phenoxy) is 2. The van der Waals surface area contributed by atoms with Crippen LogP contribution < -0.4 is 9.64 Å². The Balaban J connectivity index is 1.82. The Labute approximate surface area is 153 Å². The van der Waals surface area contributed by atoms with Crippen molar-refractivity contribution in [1.82, 2.24) is 0 Å². The molecule has 2 aromatic carbocycles. The molecule has 5 heteroatoms. The molecule has 1 saturated heterocycles. The van der Waals surface area contributed by atoms with Crippen LogP contribution in [0.1, 0.15) is 40.7 Å². The van der Waals surface area contributed by atoms with Crippen LogP contribution in [0, 0.1) is 0 Å². The first-order valence-corrected chi connectivity index (χ1v) is 8.73. The van der Waals surface area contributed by atoms with E-state index in [4.69, 9.17) is 9.47 Å². The zero-order chi connectivity index (χ0) is 18.7. The summed E-state index contributed by atoms with van der Waals surface area (Å²) in [6, 6.07) is 13.5. The average molecular weight is 353 g/mol. The van der Waals surface area contributed by atoms with Gasteiger partial charge in [0.15, 0.2) is 0 Å². The number of hydrogen-bond acceptors (Lipinski definition) is 4. The molecule has 0 radical (unpaired) electrons. The summed E-state index contributed by atoms with van der Waals surface area (Å²) in [5.74, 6) is 0.199. The minimum atomic E-state index is -0.437. The fourth-order valence-corrected chi connectivity index (χ4v) is 3.33. The molecule has 0 aliphatic carbocycles. The fourth-order valence-electron chi connectivity index (χ4n) is 3.33. The first-order valence-electron chi connectivity index (χ1n) is 8.73. The van der Waals surface area contributed by atoms with Gasteiger partial charge in [0.1, 0.15) is 11.3 Å². The second-order valence-corrected chi connectivity index (χ2v) is 6.38. The van der Waals surface area contributed by atoms with Gasteiger partial charge in [-0.05, 0) is 41.8 Å². The zero-order valence-corrected chi connectivity index (χ0v) is 15.3. The normalized spacial score (nSPS) is 16.7. The minimum absolute atomic E-state index is 0.0638. The van der Waals surface area contributed by atoms with E-state index in [1.807, 2.05) is 29.2 Å². The van der Waals surface area contributed by atoms with Crippen LogP contribution in [0.5, 0.6) is 5.75 Å². The predicted octanol–water partition coefficient (Wildman–Crippen LogP) is 3.56. The lowest BCUT2D eigenvalue weighted by Gasteiger charge is -2.18. The molecule has 1 heterocycles. The number of nitrogens with zero attached hydrogens (tertiary/aromatic N) is 1. The third-order valence-electron chi connectivity index (χ3n) is 4.88. The topological polar surface area (TPSA) is 55.8 Å². The van der Waals surface area contributed by atoms with Gasteiger partial charge in [-0.25, -0.2) is 4.79 Å². The van der Waals surface area contributed by atoms with E-state index >= 15 is 0 Å². The number of benzene rings is 2. The maximum Gasteiger partial charge on any atom is 0.341 e. The Morgan fingerprint density at radius 3 is 2.50 bits per heavy atom. The summed E-state index contributed by atoms with van der Waals surface area (Å²) >= 11 is 0. The molecule has 1 fully saturated rings. The third kappa shape index (κ3) is 3.43. The summed E-state index contributed by atoms with van der Waals surface area (Å²) in [7, 11) is 2.86. The summed E-state index contributed by atoms with van der Waals surface area (Å²) < 4.78 is 10.1. The van der Waals surface area contributed by atoms with E-state index < -0.39 is 5.97 Å². The van der Waals surface area contributed by atoms with Crippen molar-refractivity contribution in [2.75, 3.05) is 25.7 Å². The third-order valence-corrected chi connectivity index (χ3v) is 4.88. The van der Waals surface area contributed by atoms with E-state index in [1.165, 1.54) is 19.8 Å². The average Bonchev–Trinajstić information content (AvgIpc) is 3.08. The van der Waals surface area contributed by atoms with E-state index in [0.29, 0.717) is 24.3 Å². The van der Waals surface area contributed by atoms with Gasteiger partial charge in [0.2, 0.25) is 5.91 Å². The molecule has 1 amide bonds. The van der Waals surface area contributed by atoms with E-state index in [9.17, 15) is 9.59 Å². The highest BCUT2D eigenvalue weighted by atomic mass is 16.5. The van der Waals surface area contributed by atoms with E-state index in [0.717, 1.165) is 17.7 Å². The maximum atomic E-state index is 12.5. The Hall–Kier alpha value is -2.82. The van der Waals surface area contributed by atoms with Gasteiger partial charge in [0.25, 0.3) is 0 Å². The molecule has 3 rings (SSSR count). The van der Waals surface area contributed by atoms with Crippen LogP contribution in [0.4, 0.5) is 5.69 Å². The summed E-state index contributed by atoms with van der Waals surface area (Å²) in [6.45, 7) is 2.72. The molecule has 136 valence electrons. The molecule has 1 unspecified atom stereocenters. The molecule has 0 spiro atoms. The lowest BCUT2D eigenvalue weighted by atomic mass is 9.96. The molecule has 0 N–H and O–H groups in total. The SMILES string of the molecule is CCc1ccc(N2CC(c3ccc(C(=O)OC)c(OC)c3)CC2=O)cc1. The van der Waals surface area contributed by atoms with Crippen LogP contribution in [-0.4, -0.2) is 32.6 Å².